The molecule has 0 saturated carbocycles. The van der Waals surface area contributed by atoms with E-state index < -0.39 is 10.0 Å². The molecule has 1 aliphatic rings. The van der Waals surface area contributed by atoms with Gasteiger partial charge in [-0.05, 0) is 56.5 Å². The summed E-state index contributed by atoms with van der Waals surface area (Å²) in [7, 11) is -3.45. The van der Waals surface area contributed by atoms with Gasteiger partial charge in [0.1, 0.15) is 0 Å². The van der Waals surface area contributed by atoms with Crippen molar-refractivity contribution in [1.82, 2.24) is 9.62 Å². The van der Waals surface area contributed by atoms with Gasteiger partial charge in [-0.3, -0.25) is 4.79 Å². The fourth-order valence-electron chi connectivity index (χ4n) is 3.07. The van der Waals surface area contributed by atoms with Crippen LogP contribution in [0.3, 0.4) is 0 Å². The van der Waals surface area contributed by atoms with Gasteiger partial charge < -0.3 is 5.32 Å². The number of carbonyl (C=O) groups excluding carboxylic acids is 1. The molecule has 0 aromatic heterocycles. The zero-order valence-electron chi connectivity index (χ0n) is 15.1. The molecule has 1 amide bonds. The summed E-state index contributed by atoms with van der Waals surface area (Å²) in [6.07, 6.45) is 1.80. The van der Waals surface area contributed by atoms with Gasteiger partial charge in [0.2, 0.25) is 10.0 Å². The Kier molecular flexibility index (Phi) is 5.44. The van der Waals surface area contributed by atoms with Crippen LogP contribution in [0.4, 0.5) is 0 Å². The summed E-state index contributed by atoms with van der Waals surface area (Å²) in [6, 6.07) is 14.0. The molecule has 1 atom stereocenters. The molecule has 1 N–H and O–H groups in total. The summed E-state index contributed by atoms with van der Waals surface area (Å²) in [6.45, 7) is 5.08. The van der Waals surface area contributed by atoms with E-state index in [1.54, 1.807) is 12.1 Å². The molecule has 0 unspecified atom stereocenters. The van der Waals surface area contributed by atoms with Gasteiger partial charge >= 0.3 is 0 Å². The number of nitrogens with zero attached hydrogens (tertiary/aromatic N) is 1. The summed E-state index contributed by atoms with van der Waals surface area (Å²) < 4.78 is 26.6. The molecule has 1 heterocycles. The third-order valence-electron chi connectivity index (χ3n) is 4.74. The number of amides is 1. The largest absolute Gasteiger partial charge is 0.346 e. The smallest absolute Gasteiger partial charge is 0.251 e. The minimum Gasteiger partial charge on any atom is -0.346 e. The third kappa shape index (κ3) is 3.97. The molecular formula is C20H24N2O3S. The lowest BCUT2D eigenvalue weighted by Gasteiger charge is -2.16. The van der Waals surface area contributed by atoms with E-state index in [4.69, 9.17) is 0 Å². The SMILES string of the molecule is Cc1ccc([C@@H](C)NC(=O)c2ccc(S(=O)(=O)N3CCCC3)cc2)cc1. The minimum absolute atomic E-state index is 0.129. The van der Waals surface area contributed by atoms with Crippen LogP contribution in [0.2, 0.25) is 0 Å². The van der Waals surface area contributed by atoms with Crippen LogP contribution in [0.1, 0.15) is 47.3 Å². The van der Waals surface area contributed by atoms with Crippen LogP contribution in [0, 0.1) is 6.92 Å². The van der Waals surface area contributed by atoms with Gasteiger partial charge in [0.15, 0.2) is 0 Å². The van der Waals surface area contributed by atoms with Gasteiger partial charge in [-0.15, -0.1) is 0 Å². The molecule has 1 saturated heterocycles. The Morgan fingerprint density at radius 1 is 1.00 bits per heavy atom. The second-order valence-corrected chi connectivity index (χ2v) is 8.68. The van der Waals surface area contributed by atoms with Crippen LogP contribution < -0.4 is 5.32 Å². The highest BCUT2D eigenvalue weighted by Gasteiger charge is 2.27. The van der Waals surface area contributed by atoms with E-state index in [9.17, 15) is 13.2 Å². The number of benzene rings is 2. The Bertz CT molecular complexity index is 868. The van der Waals surface area contributed by atoms with Gasteiger partial charge in [0.25, 0.3) is 5.91 Å². The van der Waals surface area contributed by atoms with Crippen LogP contribution in [-0.2, 0) is 10.0 Å². The summed E-state index contributed by atoms with van der Waals surface area (Å²) in [5.74, 6) is -0.219. The first-order valence-electron chi connectivity index (χ1n) is 8.85. The minimum atomic E-state index is -3.45. The topological polar surface area (TPSA) is 66.5 Å². The second kappa shape index (κ2) is 7.60. The first-order valence-corrected chi connectivity index (χ1v) is 10.3. The molecule has 0 radical (unpaired) electrons. The number of aryl methyl sites for hydroxylation is 1. The summed E-state index contributed by atoms with van der Waals surface area (Å²) in [5, 5.41) is 2.95. The van der Waals surface area contributed by atoms with Gasteiger partial charge in [-0.2, -0.15) is 4.31 Å². The predicted molar refractivity (Wildman–Crippen MR) is 101 cm³/mol. The van der Waals surface area contributed by atoms with Crippen LogP contribution >= 0.6 is 0 Å². The predicted octanol–water partition coefficient (Wildman–Crippen LogP) is 3.27. The number of hydrogen-bond donors (Lipinski definition) is 1. The molecule has 1 aliphatic heterocycles. The lowest BCUT2D eigenvalue weighted by Crippen LogP contribution is -2.28. The van der Waals surface area contributed by atoms with Crippen molar-refractivity contribution in [3.63, 3.8) is 0 Å². The molecule has 5 nitrogen and oxygen atoms in total. The fourth-order valence-corrected chi connectivity index (χ4v) is 4.59. The monoisotopic (exact) mass is 372 g/mol. The molecule has 0 spiro atoms. The number of rotatable bonds is 5. The first kappa shape index (κ1) is 18.6. The number of carbonyl (C=O) groups is 1. The van der Waals surface area contributed by atoms with Crippen LogP contribution in [0.25, 0.3) is 0 Å². The van der Waals surface area contributed by atoms with Crippen molar-refractivity contribution in [3.8, 4) is 0 Å². The molecule has 6 heteroatoms. The molecule has 26 heavy (non-hydrogen) atoms. The molecule has 138 valence electrons. The van der Waals surface area contributed by atoms with Gasteiger partial charge in [-0.25, -0.2) is 8.42 Å². The first-order chi connectivity index (χ1) is 12.4. The van der Waals surface area contributed by atoms with Crippen LogP contribution in [-0.4, -0.2) is 31.7 Å². The fraction of sp³-hybridized carbons (Fsp3) is 0.350. The molecule has 1 fully saturated rings. The van der Waals surface area contributed by atoms with Gasteiger partial charge in [0.05, 0.1) is 10.9 Å². The van der Waals surface area contributed by atoms with E-state index in [1.807, 2.05) is 38.1 Å². The van der Waals surface area contributed by atoms with E-state index in [0.717, 1.165) is 18.4 Å². The standard InChI is InChI=1S/C20H24N2O3S/c1-15-5-7-17(8-6-15)16(2)21-20(23)18-9-11-19(12-10-18)26(24,25)22-13-3-4-14-22/h5-12,16H,3-4,13-14H2,1-2H3,(H,21,23)/t16-/m1/s1. The quantitative estimate of drug-likeness (QED) is 0.876. The zero-order valence-corrected chi connectivity index (χ0v) is 15.9. The molecule has 2 aromatic carbocycles. The van der Waals surface area contributed by atoms with Crippen molar-refractivity contribution in [2.24, 2.45) is 0 Å². The van der Waals surface area contributed by atoms with E-state index in [-0.39, 0.29) is 16.8 Å². The average Bonchev–Trinajstić information content (AvgIpc) is 3.18. The van der Waals surface area contributed by atoms with Crippen molar-refractivity contribution < 1.29 is 13.2 Å². The highest BCUT2D eigenvalue weighted by molar-refractivity contribution is 7.89. The van der Waals surface area contributed by atoms with Crippen molar-refractivity contribution >= 4 is 15.9 Å². The Morgan fingerprint density at radius 2 is 1.58 bits per heavy atom. The van der Waals surface area contributed by atoms with Crippen molar-refractivity contribution in [2.75, 3.05) is 13.1 Å². The number of hydrogen-bond acceptors (Lipinski definition) is 3. The zero-order chi connectivity index (χ0) is 18.7. The normalized spacial score (nSPS) is 16.4. The molecule has 0 aliphatic carbocycles. The molecular weight excluding hydrogens is 348 g/mol. The summed E-state index contributed by atoms with van der Waals surface area (Å²) in [4.78, 5) is 12.7. The third-order valence-corrected chi connectivity index (χ3v) is 6.66. The second-order valence-electron chi connectivity index (χ2n) is 6.74. The van der Waals surface area contributed by atoms with E-state index in [1.165, 1.54) is 22.0 Å². The van der Waals surface area contributed by atoms with E-state index >= 15 is 0 Å². The molecule has 2 aromatic rings. The Morgan fingerprint density at radius 3 is 2.15 bits per heavy atom. The van der Waals surface area contributed by atoms with Crippen molar-refractivity contribution in [1.29, 1.82) is 0 Å². The Balaban J connectivity index is 1.69. The highest BCUT2D eigenvalue weighted by Crippen LogP contribution is 2.21. The highest BCUT2D eigenvalue weighted by atomic mass is 32.2. The molecule has 0 bridgehead atoms. The lowest BCUT2D eigenvalue weighted by molar-refractivity contribution is 0.0940. The molecule has 3 rings (SSSR count). The lowest BCUT2D eigenvalue weighted by atomic mass is 10.1. The maximum absolute atomic E-state index is 12.5. The van der Waals surface area contributed by atoms with E-state index in [2.05, 4.69) is 5.32 Å². The Hall–Kier alpha value is -2.18. The average molecular weight is 372 g/mol. The summed E-state index contributed by atoms with van der Waals surface area (Å²) in [5.41, 5.74) is 2.64. The Labute approximate surface area is 155 Å². The summed E-state index contributed by atoms with van der Waals surface area (Å²) >= 11 is 0. The number of nitrogens with one attached hydrogen (secondary N) is 1. The van der Waals surface area contributed by atoms with E-state index in [0.29, 0.717) is 18.7 Å². The number of sulfonamides is 1. The van der Waals surface area contributed by atoms with Crippen molar-refractivity contribution in [3.05, 3.63) is 65.2 Å². The maximum atomic E-state index is 12.5. The maximum Gasteiger partial charge on any atom is 0.251 e. The van der Waals surface area contributed by atoms with Crippen molar-refractivity contribution in [2.45, 2.75) is 37.6 Å². The van der Waals surface area contributed by atoms with Crippen LogP contribution in [0.5, 0.6) is 0 Å². The van der Waals surface area contributed by atoms with Gasteiger partial charge in [0, 0.05) is 18.7 Å². The van der Waals surface area contributed by atoms with Gasteiger partial charge in [-0.1, -0.05) is 29.8 Å². The van der Waals surface area contributed by atoms with Crippen LogP contribution in [0.15, 0.2) is 53.4 Å².